The zero-order valence-electron chi connectivity index (χ0n) is 11.3. The van der Waals surface area contributed by atoms with Crippen molar-refractivity contribution < 1.29 is 9.90 Å². The van der Waals surface area contributed by atoms with Crippen molar-refractivity contribution in [1.82, 2.24) is 0 Å². The van der Waals surface area contributed by atoms with Crippen molar-refractivity contribution in [3.63, 3.8) is 0 Å². The molecule has 2 nitrogen and oxygen atoms in total. The molecule has 102 valence electrons. The number of carbonyl (C=O) groups is 1. The van der Waals surface area contributed by atoms with Crippen LogP contribution in [0.3, 0.4) is 0 Å². The Labute approximate surface area is 114 Å². The second-order valence-corrected chi connectivity index (χ2v) is 6.53. The van der Waals surface area contributed by atoms with Gasteiger partial charge in [-0.05, 0) is 48.5 Å². The number of fused-ring (bicyclic) bond motifs is 2. The monoisotopic (exact) mass is 258 g/mol. The Balaban J connectivity index is 1.87. The second-order valence-electron chi connectivity index (χ2n) is 6.53. The first-order valence-electron chi connectivity index (χ1n) is 7.44. The van der Waals surface area contributed by atoms with Gasteiger partial charge >= 0.3 is 5.97 Å². The average Bonchev–Trinajstić information content (AvgIpc) is 2.61. The van der Waals surface area contributed by atoms with Crippen molar-refractivity contribution in [1.29, 1.82) is 0 Å². The molecule has 0 amide bonds. The smallest absolute Gasteiger partial charge is 0.303 e. The quantitative estimate of drug-likeness (QED) is 0.889. The summed E-state index contributed by atoms with van der Waals surface area (Å²) in [6.45, 7) is 0. The van der Waals surface area contributed by atoms with Crippen molar-refractivity contribution in [2.24, 2.45) is 17.3 Å². The highest BCUT2D eigenvalue weighted by molar-refractivity contribution is 5.68. The van der Waals surface area contributed by atoms with Crippen LogP contribution in [0.15, 0.2) is 30.3 Å². The highest BCUT2D eigenvalue weighted by Crippen LogP contribution is 2.56. The zero-order valence-corrected chi connectivity index (χ0v) is 11.3. The Hall–Kier alpha value is -1.31. The fourth-order valence-corrected chi connectivity index (χ4v) is 4.57. The van der Waals surface area contributed by atoms with Crippen LogP contribution >= 0.6 is 0 Å². The summed E-state index contributed by atoms with van der Waals surface area (Å²) in [6, 6.07) is 10.4. The first-order chi connectivity index (χ1) is 9.18. The van der Waals surface area contributed by atoms with E-state index in [1.165, 1.54) is 31.2 Å². The van der Waals surface area contributed by atoms with Crippen molar-refractivity contribution in [2.75, 3.05) is 0 Å². The number of carboxylic acid groups (broad SMARTS) is 1. The summed E-state index contributed by atoms with van der Waals surface area (Å²) in [7, 11) is 0. The lowest BCUT2D eigenvalue weighted by molar-refractivity contribution is -0.140. The molecular weight excluding hydrogens is 236 g/mol. The lowest BCUT2D eigenvalue weighted by Crippen LogP contribution is -2.31. The highest BCUT2D eigenvalue weighted by atomic mass is 16.4. The largest absolute Gasteiger partial charge is 0.481 e. The van der Waals surface area contributed by atoms with Gasteiger partial charge in [0.2, 0.25) is 0 Å². The van der Waals surface area contributed by atoms with E-state index in [4.69, 9.17) is 0 Å². The topological polar surface area (TPSA) is 37.3 Å². The lowest BCUT2D eigenvalue weighted by atomic mass is 9.70. The van der Waals surface area contributed by atoms with Gasteiger partial charge in [-0.3, -0.25) is 4.79 Å². The molecule has 1 aromatic rings. The molecule has 2 aliphatic carbocycles. The number of carboxylic acids is 1. The maximum Gasteiger partial charge on any atom is 0.303 e. The molecular formula is C17H22O2. The molecule has 2 aliphatic rings. The van der Waals surface area contributed by atoms with Crippen LogP contribution in [0.2, 0.25) is 0 Å². The number of aliphatic carboxylic acids is 1. The van der Waals surface area contributed by atoms with Crippen LogP contribution in [0, 0.1) is 17.3 Å². The molecule has 1 aromatic carbocycles. The second kappa shape index (κ2) is 4.99. The van der Waals surface area contributed by atoms with Crippen molar-refractivity contribution >= 4 is 5.97 Å². The minimum Gasteiger partial charge on any atom is -0.481 e. The third-order valence-corrected chi connectivity index (χ3v) is 5.25. The van der Waals surface area contributed by atoms with Crippen LogP contribution < -0.4 is 0 Å². The Kier molecular flexibility index (Phi) is 3.34. The van der Waals surface area contributed by atoms with Crippen LogP contribution in [-0.2, 0) is 11.2 Å². The molecule has 0 radical (unpaired) electrons. The standard InChI is InChI=1S/C17H22O2/c18-16(19)12-17(10-13-5-2-1-3-6-13)11-14-7-4-8-15(17)9-14/h1-3,5-6,14-15H,4,7-12H2,(H,18,19)/t14-,15-,17+/m0/s1. The Morgan fingerprint density at radius 3 is 2.74 bits per heavy atom. The maximum atomic E-state index is 11.3. The summed E-state index contributed by atoms with van der Waals surface area (Å²) < 4.78 is 0. The summed E-state index contributed by atoms with van der Waals surface area (Å²) in [4.78, 5) is 11.3. The minimum atomic E-state index is -0.622. The molecule has 2 fully saturated rings. The van der Waals surface area contributed by atoms with E-state index in [0.717, 1.165) is 18.8 Å². The van der Waals surface area contributed by atoms with Gasteiger partial charge in [0.15, 0.2) is 0 Å². The summed E-state index contributed by atoms with van der Waals surface area (Å²) in [6.07, 6.45) is 7.53. The van der Waals surface area contributed by atoms with E-state index in [-0.39, 0.29) is 5.41 Å². The summed E-state index contributed by atoms with van der Waals surface area (Å²) in [5.41, 5.74) is 1.32. The van der Waals surface area contributed by atoms with Crippen molar-refractivity contribution in [3.05, 3.63) is 35.9 Å². The number of rotatable bonds is 4. The molecule has 3 rings (SSSR count). The van der Waals surface area contributed by atoms with Gasteiger partial charge in [-0.15, -0.1) is 0 Å². The molecule has 3 atom stereocenters. The molecule has 1 N–H and O–H groups in total. The third kappa shape index (κ3) is 2.54. The Bertz CT molecular complexity index is 454. The Morgan fingerprint density at radius 1 is 1.26 bits per heavy atom. The average molecular weight is 258 g/mol. The number of benzene rings is 1. The van der Waals surface area contributed by atoms with Gasteiger partial charge < -0.3 is 5.11 Å². The van der Waals surface area contributed by atoms with Crippen molar-refractivity contribution in [3.8, 4) is 0 Å². The fraction of sp³-hybridized carbons (Fsp3) is 0.588. The van der Waals surface area contributed by atoms with Crippen LogP contribution in [0.4, 0.5) is 0 Å². The van der Waals surface area contributed by atoms with Gasteiger partial charge in [0.25, 0.3) is 0 Å². The van der Waals surface area contributed by atoms with E-state index in [2.05, 4.69) is 24.3 Å². The van der Waals surface area contributed by atoms with E-state index in [1.807, 2.05) is 6.07 Å². The van der Waals surface area contributed by atoms with Gasteiger partial charge in [-0.1, -0.05) is 43.2 Å². The first-order valence-corrected chi connectivity index (χ1v) is 7.44. The molecule has 0 aromatic heterocycles. The molecule has 19 heavy (non-hydrogen) atoms. The van der Waals surface area contributed by atoms with Crippen LogP contribution in [0.5, 0.6) is 0 Å². The van der Waals surface area contributed by atoms with E-state index in [9.17, 15) is 9.90 Å². The normalized spacial score (nSPS) is 33.3. The molecule has 2 heteroatoms. The van der Waals surface area contributed by atoms with Gasteiger partial charge in [-0.25, -0.2) is 0 Å². The SMILES string of the molecule is O=C(O)C[C@@]1(Cc2ccccc2)C[C@H]2CCC[C@H]1C2. The molecule has 0 aliphatic heterocycles. The predicted molar refractivity (Wildman–Crippen MR) is 74.9 cm³/mol. The molecule has 0 saturated heterocycles. The lowest BCUT2D eigenvalue weighted by Gasteiger charge is -2.34. The molecule has 2 bridgehead atoms. The fourth-order valence-electron chi connectivity index (χ4n) is 4.57. The van der Waals surface area contributed by atoms with Crippen molar-refractivity contribution in [2.45, 2.75) is 44.9 Å². The van der Waals surface area contributed by atoms with Crippen LogP contribution in [0.25, 0.3) is 0 Å². The minimum absolute atomic E-state index is 0.0222. The molecule has 0 unspecified atom stereocenters. The summed E-state index contributed by atoms with van der Waals surface area (Å²) >= 11 is 0. The molecule has 2 saturated carbocycles. The van der Waals surface area contributed by atoms with Gasteiger partial charge in [-0.2, -0.15) is 0 Å². The van der Waals surface area contributed by atoms with Crippen LogP contribution in [0.1, 0.15) is 44.1 Å². The van der Waals surface area contributed by atoms with Crippen LogP contribution in [-0.4, -0.2) is 11.1 Å². The third-order valence-electron chi connectivity index (χ3n) is 5.25. The molecule has 0 heterocycles. The molecule has 0 spiro atoms. The van der Waals surface area contributed by atoms with E-state index in [1.54, 1.807) is 0 Å². The van der Waals surface area contributed by atoms with E-state index < -0.39 is 5.97 Å². The van der Waals surface area contributed by atoms with E-state index in [0.29, 0.717) is 12.3 Å². The predicted octanol–water partition coefficient (Wildman–Crippen LogP) is 3.90. The van der Waals surface area contributed by atoms with E-state index >= 15 is 0 Å². The summed E-state index contributed by atoms with van der Waals surface area (Å²) in [5.74, 6) is 0.785. The number of hydrogen-bond acceptors (Lipinski definition) is 1. The van der Waals surface area contributed by atoms with Gasteiger partial charge in [0, 0.05) is 0 Å². The van der Waals surface area contributed by atoms with Gasteiger partial charge in [0.05, 0.1) is 6.42 Å². The first kappa shape index (κ1) is 12.7. The zero-order chi connectivity index (χ0) is 13.3. The summed E-state index contributed by atoms with van der Waals surface area (Å²) in [5, 5.41) is 9.34. The Morgan fingerprint density at radius 2 is 2.05 bits per heavy atom. The maximum absolute atomic E-state index is 11.3. The number of hydrogen-bond donors (Lipinski definition) is 1. The highest BCUT2D eigenvalue weighted by Gasteiger charge is 2.49. The van der Waals surface area contributed by atoms with Gasteiger partial charge in [0.1, 0.15) is 0 Å².